The highest BCUT2D eigenvalue weighted by Crippen LogP contribution is 2.59. The van der Waals surface area contributed by atoms with Crippen LogP contribution in [-0.4, -0.2) is 39.3 Å². The molecule has 0 saturated heterocycles. The van der Waals surface area contributed by atoms with E-state index in [-0.39, 0.29) is 0 Å². The summed E-state index contributed by atoms with van der Waals surface area (Å²) in [6.45, 7) is -1.10. The van der Waals surface area contributed by atoms with Crippen molar-refractivity contribution in [3.05, 3.63) is 0 Å². The van der Waals surface area contributed by atoms with Crippen LogP contribution in [0.25, 0.3) is 0 Å². The Balaban J connectivity index is 5.68. The van der Waals surface area contributed by atoms with Crippen LogP contribution < -0.4 is 0 Å². The molecule has 0 bridgehead atoms. The molecule has 20 heavy (non-hydrogen) atoms. The van der Waals surface area contributed by atoms with E-state index in [9.17, 15) is 43.9 Å². The van der Waals surface area contributed by atoms with Crippen LogP contribution in [0.15, 0.2) is 0 Å². The Morgan fingerprint density at radius 1 is 0.700 bits per heavy atom. The molecule has 0 aromatic heterocycles. The number of hydrogen-bond acceptors (Lipinski definition) is 1. The summed E-state index contributed by atoms with van der Waals surface area (Å²) in [7, 11) is 0. The van der Waals surface area contributed by atoms with Gasteiger partial charge in [-0.3, -0.25) is 0 Å². The molecule has 0 heterocycles. The third-order valence-corrected chi connectivity index (χ3v) is 2.93. The predicted octanol–water partition coefficient (Wildman–Crippen LogP) is 4.33. The maximum atomic E-state index is 12.9. The van der Waals surface area contributed by atoms with E-state index in [4.69, 9.17) is 5.11 Å². The first kappa shape index (κ1) is 20.0. The molecular formula is C8H7F10IO. The average molecular weight is 436 g/mol. The van der Waals surface area contributed by atoms with Crippen molar-refractivity contribution in [3.63, 3.8) is 0 Å². The van der Waals surface area contributed by atoms with E-state index >= 15 is 0 Å². The van der Waals surface area contributed by atoms with Gasteiger partial charge in [-0.05, 0) is 6.42 Å². The van der Waals surface area contributed by atoms with E-state index in [1.807, 2.05) is 0 Å². The highest BCUT2D eigenvalue weighted by atomic mass is 127. The number of hydrogen-bond donors (Lipinski definition) is 1. The molecule has 122 valence electrons. The largest absolute Gasteiger partial charge is 0.396 e. The van der Waals surface area contributed by atoms with Gasteiger partial charge in [0.2, 0.25) is 0 Å². The molecule has 1 N–H and O–H groups in total. The van der Waals surface area contributed by atoms with Gasteiger partial charge in [0.1, 0.15) is 0 Å². The standard InChI is InChI=1S/C8H7F10IO/c9-4(10,2-1-3-20)5(11,12)6(13,14)7(15,16)8(17,18)19/h20H,1-3H2. The van der Waals surface area contributed by atoms with E-state index in [0.29, 0.717) is 0 Å². The van der Waals surface area contributed by atoms with Gasteiger partial charge in [0, 0.05) is 35.6 Å². The summed E-state index contributed by atoms with van der Waals surface area (Å²) in [6, 6.07) is 0. The Morgan fingerprint density at radius 2 is 1.10 bits per heavy atom. The molecule has 0 unspecified atom stereocenters. The average Bonchev–Trinajstić information content (AvgIpc) is 2.24. The smallest absolute Gasteiger partial charge is 0.387 e. The number of aliphatic hydroxyl groups excluding tert-OH is 1. The molecule has 0 radical (unpaired) electrons. The van der Waals surface area contributed by atoms with Crippen LogP contribution >= 0.6 is 22.6 Å². The minimum absolute atomic E-state index is 0.540. The van der Waals surface area contributed by atoms with Crippen LogP contribution in [-0.2, 0) is 0 Å². The van der Waals surface area contributed by atoms with Crippen molar-refractivity contribution in [2.24, 2.45) is 0 Å². The van der Waals surface area contributed by atoms with Crippen LogP contribution in [0.2, 0.25) is 0 Å². The van der Waals surface area contributed by atoms with Gasteiger partial charge in [-0.1, -0.05) is 0 Å². The molecule has 12 heteroatoms. The van der Waals surface area contributed by atoms with Gasteiger partial charge in [-0.2, -0.15) is 43.9 Å². The molecule has 1 nitrogen and oxygen atoms in total. The normalized spacial score (nSPS) is 15.6. The summed E-state index contributed by atoms with van der Waals surface area (Å²) in [5.41, 5.74) is 0. The Hall–Kier alpha value is -0.0100. The van der Waals surface area contributed by atoms with E-state index in [1.54, 1.807) is 0 Å². The first-order chi connectivity index (χ1) is 8.56. The number of aliphatic hydroxyl groups is 1. The van der Waals surface area contributed by atoms with E-state index in [0.717, 1.165) is 0 Å². The topological polar surface area (TPSA) is 20.2 Å². The molecule has 0 aliphatic rings. The minimum Gasteiger partial charge on any atom is -0.396 e. The quantitative estimate of drug-likeness (QED) is 0.358. The molecule has 0 aliphatic carbocycles. The summed E-state index contributed by atoms with van der Waals surface area (Å²) < 4.78 is 122. The molecule has 0 aliphatic heterocycles. The lowest BCUT2D eigenvalue weighted by Gasteiger charge is -2.38. The van der Waals surface area contributed by atoms with Crippen molar-refractivity contribution in [3.8, 4) is 0 Å². The molecule has 0 rings (SSSR count). The Kier molecular flexibility index (Phi) is 5.64. The molecule has 0 spiro atoms. The zero-order chi connectivity index (χ0) is 16.6. The van der Waals surface area contributed by atoms with Crippen LogP contribution in [0, 0.1) is 0 Å². The molecule has 0 aromatic rings. The van der Waals surface area contributed by atoms with Crippen molar-refractivity contribution in [1.29, 1.82) is 0 Å². The monoisotopic (exact) mass is 436 g/mol. The predicted molar refractivity (Wildman–Crippen MR) is 55.1 cm³/mol. The summed E-state index contributed by atoms with van der Waals surface area (Å²) in [5, 5.41) is 8.15. The number of alkyl halides is 11. The second-order valence-electron chi connectivity index (χ2n) is 3.75. The van der Waals surface area contributed by atoms with Crippen molar-refractivity contribution in [2.75, 3.05) is 6.61 Å². The molecule has 0 saturated carbocycles. The molecular weight excluding hydrogens is 429 g/mol. The number of halogens is 11. The highest BCUT2D eigenvalue weighted by Gasteiger charge is 2.85. The second kappa shape index (κ2) is 5.65. The fourth-order valence-corrected chi connectivity index (χ4v) is 1.40. The summed E-state index contributed by atoms with van der Waals surface area (Å²) in [6.07, 6.45) is -3.18. The lowest BCUT2D eigenvalue weighted by atomic mass is 9.96. The van der Waals surface area contributed by atoms with Gasteiger partial charge in [0.15, 0.2) is 0 Å². The summed E-state index contributed by atoms with van der Waals surface area (Å²) in [5.74, 6) is -26.1. The summed E-state index contributed by atoms with van der Waals surface area (Å²) in [4.78, 5) is 0. The first-order valence-corrected chi connectivity index (χ1v) is 5.83. The van der Waals surface area contributed by atoms with Gasteiger partial charge < -0.3 is 5.11 Å². The van der Waals surface area contributed by atoms with Gasteiger partial charge in [-0.15, -0.1) is 0 Å². The SMILES string of the molecule is OCCCC(F)(F)C(F)(F)C(F)(F)C(F)(F)C(F)(F)I. The highest BCUT2D eigenvalue weighted by molar-refractivity contribution is 14.1. The summed E-state index contributed by atoms with van der Waals surface area (Å²) >= 11 is -0.540. The Morgan fingerprint density at radius 3 is 1.40 bits per heavy atom. The maximum absolute atomic E-state index is 12.9. The zero-order valence-electron chi connectivity index (χ0n) is 9.23. The van der Waals surface area contributed by atoms with Gasteiger partial charge in [0.25, 0.3) is 0 Å². The third kappa shape index (κ3) is 3.09. The lowest BCUT2D eigenvalue weighted by Crippen LogP contribution is -2.66. The third-order valence-electron chi connectivity index (χ3n) is 2.25. The number of rotatable bonds is 7. The molecule has 0 amide bonds. The van der Waals surface area contributed by atoms with Crippen molar-refractivity contribution in [2.45, 2.75) is 40.5 Å². The Labute approximate surface area is 119 Å². The van der Waals surface area contributed by atoms with Crippen LogP contribution in [0.3, 0.4) is 0 Å². The fraction of sp³-hybridized carbons (Fsp3) is 1.00. The lowest BCUT2D eigenvalue weighted by molar-refractivity contribution is -0.386. The van der Waals surface area contributed by atoms with Crippen LogP contribution in [0.5, 0.6) is 0 Å². The van der Waals surface area contributed by atoms with Crippen LogP contribution in [0.1, 0.15) is 12.8 Å². The van der Waals surface area contributed by atoms with E-state index in [2.05, 4.69) is 0 Å². The zero-order valence-corrected chi connectivity index (χ0v) is 11.4. The van der Waals surface area contributed by atoms with E-state index < -0.39 is 69.7 Å². The molecule has 0 atom stereocenters. The second-order valence-corrected chi connectivity index (χ2v) is 5.11. The van der Waals surface area contributed by atoms with E-state index in [1.165, 1.54) is 0 Å². The van der Waals surface area contributed by atoms with Crippen LogP contribution in [0.4, 0.5) is 43.9 Å². The molecule has 0 aromatic carbocycles. The first-order valence-electron chi connectivity index (χ1n) is 4.75. The fourth-order valence-electron chi connectivity index (χ4n) is 1.06. The van der Waals surface area contributed by atoms with Crippen molar-refractivity contribution < 1.29 is 49.0 Å². The molecule has 0 fully saturated rings. The maximum Gasteiger partial charge on any atom is 0.387 e. The van der Waals surface area contributed by atoms with Gasteiger partial charge in [-0.25, -0.2) is 0 Å². The Bertz CT molecular complexity index is 337. The van der Waals surface area contributed by atoms with Gasteiger partial charge >= 0.3 is 27.6 Å². The van der Waals surface area contributed by atoms with Crippen molar-refractivity contribution >= 4 is 22.6 Å². The van der Waals surface area contributed by atoms with Gasteiger partial charge in [0.05, 0.1) is 0 Å². The minimum atomic E-state index is -7.00. The van der Waals surface area contributed by atoms with Crippen molar-refractivity contribution in [1.82, 2.24) is 0 Å².